The summed E-state index contributed by atoms with van der Waals surface area (Å²) in [6.07, 6.45) is 0. The van der Waals surface area contributed by atoms with Crippen molar-refractivity contribution in [1.82, 2.24) is 0 Å². The monoisotopic (exact) mass is 223 g/mol. The fraction of sp³-hybridized carbons (Fsp3) is 0.857. The topological polar surface area (TPSA) is 80.0 Å². The highest BCUT2D eigenvalue weighted by Gasteiger charge is 2.37. The minimum absolute atomic E-state index is 0.0956. The van der Waals surface area contributed by atoms with Gasteiger partial charge in [-0.15, -0.1) is 0 Å². The first-order valence-corrected chi connectivity index (χ1v) is 6.05. The second-order valence-electron chi connectivity index (χ2n) is 2.56. The van der Waals surface area contributed by atoms with Crippen LogP contribution >= 0.6 is 0 Å². The van der Waals surface area contributed by atoms with Crippen molar-refractivity contribution in [3.8, 4) is 0 Å². The van der Waals surface area contributed by atoms with Gasteiger partial charge < -0.3 is 23.7 Å². The lowest BCUT2D eigenvalue weighted by atomic mass is 10.7. The summed E-state index contributed by atoms with van der Waals surface area (Å²) in [7, 11) is 2.00. The van der Waals surface area contributed by atoms with E-state index in [1.165, 1.54) is 21.3 Å². The fourth-order valence-electron chi connectivity index (χ4n) is 0.926. The van der Waals surface area contributed by atoms with Crippen LogP contribution in [0, 0.1) is 0 Å². The van der Waals surface area contributed by atoms with Gasteiger partial charge in [-0.1, -0.05) is 0 Å². The molecule has 0 fully saturated rings. The second kappa shape index (κ2) is 6.90. The number of hydrogen-bond donors (Lipinski definition) is 1. The summed E-state index contributed by atoms with van der Waals surface area (Å²) >= 11 is 0. The van der Waals surface area contributed by atoms with E-state index in [0.717, 1.165) is 0 Å². The molecule has 0 aromatic carbocycles. The van der Waals surface area contributed by atoms with Gasteiger partial charge >= 0.3 is 8.80 Å². The minimum Gasteiger partial charge on any atom is -0.377 e. The highest BCUT2D eigenvalue weighted by Crippen LogP contribution is 2.11. The summed E-state index contributed by atoms with van der Waals surface area (Å²) in [5, 5.41) is 0. The average Bonchev–Trinajstić information content (AvgIpc) is 2.19. The normalized spacial score (nSPS) is 11.6. The zero-order valence-corrected chi connectivity index (χ0v) is 9.74. The third kappa shape index (κ3) is 4.68. The molecule has 0 atom stereocenters. The number of nitrogens with two attached hydrogens (primary N) is 1. The number of carbonyl (C=O) groups excluding carboxylic acids is 1. The Hall–Kier alpha value is -0.473. The molecule has 0 aliphatic rings. The molecule has 0 saturated heterocycles. The largest absolute Gasteiger partial charge is 0.502 e. The molecule has 2 N–H and O–H groups in total. The number of rotatable bonds is 8. The zero-order chi connectivity index (χ0) is 11.0. The van der Waals surface area contributed by atoms with Crippen molar-refractivity contribution >= 4 is 14.7 Å². The van der Waals surface area contributed by atoms with Crippen molar-refractivity contribution in [1.29, 1.82) is 0 Å². The molecule has 6 nitrogen and oxygen atoms in total. The van der Waals surface area contributed by atoms with E-state index < -0.39 is 14.7 Å². The Morgan fingerprint density at radius 1 is 1.21 bits per heavy atom. The van der Waals surface area contributed by atoms with Gasteiger partial charge in [0.2, 0.25) is 5.91 Å². The molecule has 0 spiro atoms. The summed E-state index contributed by atoms with van der Waals surface area (Å²) in [5.41, 5.74) is 4.89. The Morgan fingerprint density at radius 3 is 2.07 bits per heavy atom. The van der Waals surface area contributed by atoms with E-state index in [1.54, 1.807) is 0 Å². The minimum atomic E-state index is -2.57. The Kier molecular flexibility index (Phi) is 6.67. The van der Waals surface area contributed by atoms with Crippen LogP contribution in [0.3, 0.4) is 0 Å². The van der Waals surface area contributed by atoms with Crippen molar-refractivity contribution in [3.05, 3.63) is 0 Å². The Balaban J connectivity index is 3.77. The number of amides is 1. The van der Waals surface area contributed by atoms with Crippen molar-refractivity contribution in [3.63, 3.8) is 0 Å². The maximum Gasteiger partial charge on any atom is 0.502 e. The lowest BCUT2D eigenvalue weighted by molar-refractivity contribution is -0.122. The van der Waals surface area contributed by atoms with Crippen molar-refractivity contribution < 1.29 is 22.8 Å². The predicted octanol–water partition coefficient (Wildman–Crippen LogP) is -0.634. The van der Waals surface area contributed by atoms with Crippen LogP contribution in [0.15, 0.2) is 0 Å². The number of primary amides is 1. The number of hydrogen-bond acceptors (Lipinski definition) is 5. The summed E-state index contributed by atoms with van der Waals surface area (Å²) in [5.74, 6) is -0.496. The highest BCUT2D eigenvalue weighted by atomic mass is 28.4. The fourth-order valence-corrected chi connectivity index (χ4v) is 2.43. The second-order valence-corrected chi connectivity index (χ2v) is 5.66. The van der Waals surface area contributed by atoms with E-state index in [0.29, 0.717) is 12.7 Å². The van der Waals surface area contributed by atoms with Crippen LogP contribution in [0.1, 0.15) is 0 Å². The average molecular weight is 223 g/mol. The van der Waals surface area contributed by atoms with Crippen LogP contribution < -0.4 is 5.73 Å². The highest BCUT2D eigenvalue weighted by molar-refractivity contribution is 6.60. The molecule has 0 radical (unpaired) electrons. The van der Waals surface area contributed by atoms with Crippen LogP contribution in [-0.4, -0.2) is 49.3 Å². The molecule has 84 valence electrons. The Morgan fingerprint density at radius 2 is 1.71 bits per heavy atom. The predicted molar refractivity (Wildman–Crippen MR) is 51.6 cm³/mol. The molecule has 0 bridgehead atoms. The lowest BCUT2D eigenvalue weighted by Crippen LogP contribution is -2.43. The van der Waals surface area contributed by atoms with Crippen molar-refractivity contribution in [2.24, 2.45) is 5.73 Å². The smallest absolute Gasteiger partial charge is 0.377 e. The van der Waals surface area contributed by atoms with Gasteiger partial charge in [0, 0.05) is 27.4 Å². The van der Waals surface area contributed by atoms with Crippen LogP contribution in [-0.2, 0) is 22.8 Å². The first-order valence-electron chi connectivity index (χ1n) is 4.11. The molecule has 1 amide bonds. The summed E-state index contributed by atoms with van der Waals surface area (Å²) in [6, 6.07) is 0.490. The van der Waals surface area contributed by atoms with Gasteiger partial charge in [0.25, 0.3) is 0 Å². The van der Waals surface area contributed by atoms with E-state index >= 15 is 0 Å². The standard InChI is InChI=1S/C7H17NO5Si/c1-10-14(11-2,12-3)5-4-13-6-7(8)9/h4-6H2,1-3H3,(H2,8,9). The third-order valence-electron chi connectivity index (χ3n) is 1.73. The molecule has 0 aliphatic carbocycles. The molecular weight excluding hydrogens is 206 g/mol. The maximum absolute atomic E-state index is 10.3. The van der Waals surface area contributed by atoms with Gasteiger partial charge in [-0.25, -0.2) is 0 Å². The molecule has 0 aromatic heterocycles. The van der Waals surface area contributed by atoms with E-state index in [-0.39, 0.29) is 6.61 Å². The van der Waals surface area contributed by atoms with Gasteiger partial charge in [-0.05, 0) is 0 Å². The lowest BCUT2D eigenvalue weighted by Gasteiger charge is -2.23. The summed E-state index contributed by atoms with van der Waals surface area (Å²) in [6.45, 7) is 0.228. The van der Waals surface area contributed by atoms with Crippen LogP contribution in [0.5, 0.6) is 0 Å². The van der Waals surface area contributed by atoms with Gasteiger partial charge in [-0.2, -0.15) is 0 Å². The molecule has 0 aromatic rings. The molecule has 0 heterocycles. The van der Waals surface area contributed by atoms with Gasteiger partial charge in [0.15, 0.2) is 0 Å². The van der Waals surface area contributed by atoms with Gasteiger partial charge in [0.1, 0.15) is 6.61 Å². The molecule has 0 saturated carbocycles. The molecule has 7 heteroatoms. The zero-order valence-electron chi connectivity index (χ0n) is 8.74. The van der Waals surface area contributed by atoms with Gasteiger partial charge in [-0.3, -0.25) is 4.79 Å². The van der Waals surface area contributed by atoms with E-state index in [9.17, 15) is 4.79 Å². The van der Waals surface area contributed by atoms with E-state index in [4.69, 9.17) is 23.7 Å². The van der Waals surface area contributed by atoms with Gasteiger partial charge in [0.05, 0.1) is 6.61 Å². The number of carbonyl (C=O) groups is 1. The number of ether oxygens (including phenoxy) is 1. The summed E-state index contributed by atoms with van der Waals surface area (Å²) in [4.78, 5) is 10.3. The quantitative estimate of drug-likeness (QED) is 0.437. The Labute approximate surface area is 84.6 Å². The van der Waals surface area contributed by atoms with Crippen LogP contribution in [0.4, 0.5) is 0 Å². The van der Waals surface area contributed by atoms with Crippen LogP contribution in [0.25, 0.3) is 0 Å². The molecule has 0 rings (SSSR count). The SMILES string of the molecule is CO[Si](CCOCC(N)=O)(OC)OC. The molecular formula is C7H17NO5Si. The van der Waals surface area contributed by atoms with E-state index in [1.807, 2.05) is 0 Å². The van der Waals surface area contributed by atoms with Crippen molar-refractivity contribution in [2.45, 2.75) is 6.04 Å². The first-order chi connectivity index (χ1) is 6.60. The Bertz CT molecular complexity index is 165. The van der Waals surface area contributed by atoms with E-state index in [2.05, 4.69) is 0 Å². The molecule has 0 unspecified atom stereocenters. The molecule has 14 heavy (non-hydrogen) atoms. The summed E-state index contributed by atoms with van der Waals surface area (Å²) < 4.78 is 20.4. The molecule has 0 aliphatic heterocycles. The van der Waals surface area contributed by atoms with Crippen LogP contribution in [0.2, 0.25) is 6.04 Å². The maximum atomic E-state index is 10.3. The third-order valence-corrected chi connectivity index (χ3v) is 4.41. The first kappa shape index (κ1) is 13.5. The van der Waals surface area contributed by atoms with Crippen molar-refractivity contribution in [2.75, 3.05) is 34.5 Å².